The number of ether oxygens (including phenoxy) is 1. The molecule has 0 saturated carbocycles. The molecular weight excluding hydrogens is 317 g/mol. The van der Waals surface area contributed by atoms with Crippen molar-refractivity contribution in [1.29, 1.82) is 0 Å². The fraction of sp³-hybridized carbons (Fsp3) is 0.438. The van der Waals surface area contributed by atoms with Crippen LogP contribution in [0.1, 0.15) is 28.9 Å². The topological polar surface area (TPSA) is 88.7 Å². The summed E-state index contributed by atoms with van der Waals surface area (Å²) in [6.45, 7) is 2.23. The van der Waals surface area contributed by atoms with Crippen molar-refractivity contribution in [2.24, 2.45) is 0 Å². The van der Waals surface area contributed by atoms with Crippen LogP contribution in [0.5, 0.6) is 0 Å². The van der Waals surface area contributed by atoms with Crippen LogP contribution in [0, 0.1) is 12.7 Å². The Balaban J connectivity index is 2.14. The Morgan fingerprint density at radius 2 is 2.25 bits per heavy atom. The summed E-state index contributed by atoms with van der Waals surface area (Å²) in [4.78, 5) is 17.4. The number of aryl methyl sites for hydroxylation is 1. The summed E-state index contributed by atoms with van der Waals surface area (Å²) in [7, 11) is 3.22. The molecule has 0 aliphatic rings. The van der Waals surface area contributed by atoms with Crippen LogP contribution in [0.15, 0.2) is 22.7 Å². The van der Waals surface area contributed by atoms with Crippen molar-refractivity contribution in [3.63, 3.8) is 0 Å². The fourth-order valence-electron chi connectivity index (χ4n) is 2.38. The monoisotopic (exact) mass is 337 g/mol. The van der Waals surface area contributed by atoms with Gasteiger partial charge in [-0.25, -0.2) is 4.39 Å². The van der Waals surface area contributed by atoms with E-state index >= 15 is 0 Å². The van der Waals surface area contributed by atoms with Crippen molar-refractivity contribution < 1.29 is 23.6 Å². The number of hydrogen-bond acceptors (Lipinski definition) is 6. The standard InChI is InChI=1S/C16H20FN3O4/c1-10-8-11(4-5-12(10)17)15(16(21)22)20(2)9-14-18-13(19-24-14)6-7-23-3/h4-5,8,15H,6-7,9H2,1-3H3,(H,21,22)/t15-/m0/s1. The first-order valence-corrected chi connectivity index (χ1v) is 7.42. The molecule has 1 N–H and O–H groups in total. The van der Waals surface area contributed by atoms with Crippen LogP contribution in [-0.2, 0) is 22.5 Å². The fourth-order valence-corrected chi connectivity index (χ4v) is 2.38. The van der Waals surface area contributed by atoms with E-state index in [2.05, 4.69) is 10.1 Å². The normalized spacial score (nSPS) is 12.5. The van der Waals surface area contributed by atoms with E-state index in [1.54, 1.807) is 26.0 Å². The summed E-state index contributed by atoms with van der Waals surface area (Å²) in [5.74, 6) is -0.591. The van der Waals surface area contributed by atoms with Crippen LogP contribution in [0.3, 0.4) is 0 Å². The van der Waals surface area contributed by atoms with Crippen molar-refractivity contribution in [3.05, 3.63) is 46.9 Å². The molecule has 8 heteroatoms. The van der Waals surface area contributed by atoms with Gasteiger partial charge in [-0.15, -0.1) is 0 Å². The lowest BCUT2D eigenvalue weighted by Gasteiger charge is -2.23. The molecule has 24 heavy (non-hydrogen) atoms. The molecule has 0 fully saturated rings. The Bertz CT molecular complexity index is 704. The molecule has 0 saturated heterocycles. The number of aromatic nitrogens is 2. The second-order valence-electron chi connectivity index (χ2n) is 5.51. The number of carboxylic acid groups (broad SMARTS) is 1. The van der Waals surface area contributed by atoms with Crippen molar-refractivity contribution in [2.75, 3.05) is 20.8 Å². The van der Waals surface area contributed by atoms with Crippen LogP contribution in [0.25, 0.3) is 0 Å². The van der Waals surface area contributed by atoms with Crippen molar-refractivity contribution in [1.82, 2.24) is 15.0 Å². The van der Waals surface area contributed by atoms with E-state index in [9.17, 15) is 14.3 Å². The molecule has 0 aliphatic carbocycles. The molecule has 1 heterocycles. The van der Waals surface area contributed by atoms with Gasteiger partial charge in [0.15, 0.2) is 5.82 Å². The van der Waals surface area contributed by atoms with Gasteiger partial charge in [0.05, 0.1) is 13.2 Å². The smallest absolute Gasteiger partial charge is 0.325 e. The van der Waals surface area contributed by atoms with Gasteiger partial charge in [0.2, 0.25) is 5.89 Å². The zero-order chi connectivity index (χ0) is 17.7. The average molecular weight is 337 g/mol. The number of aliphatic carboxylic acids is 1. The predicted molar refractivity (Wildman–Crippen MR) is 82.9 cm³/mol. The van der Waals surface area contributed by atoms with Crippen molar-refractivity contribution in [3.8, 4) is 0 Å². The van der Waals surface area contributed by atoms with E-state index in [0.717, 1.165) is 0 Å². The molecule has 0 aliphatic heterocycles. The maximum atomic E-state index is 13.4. The lowest BCUT2D eigenvalue weighted by Crippen LogP contribution is -2.30. The number of nitrogens with zero attached hydrogens (tertiary/aromatic N) is 3. The molecule has 0 radical (unpaired) electrons. The molecule has 0 amide bonds. The zero-order valence-corrected chi connectivity index (χ0v) is 13.8. The highest BCUT2D eigenvalue weighted by molar-refractivity contribution is 5.75. The average Bonchev–Trinajstić information content (AvgIpc) is 2.96. The quantitative estimate of drug-likeness (QED) is 0.787. The van der Waals surface area contributed by atoms with Gasteiger partial charge in [-0.3, -0.25) is 9.69 Å². The SMILES string of the molecule is COCCc1noc(CN(C)[C@H](C(=O)O)c2ccc(F)c(C)c2)n1. The first-order chi connectivity index (χ1) is 11.4. The van der Waals surface area contributed by atoms with E-state index in [-0.39, 0.29) is 12.4 Å². The van der Waals surface area contributed by atoms with Crippen LogP contribution < -0.4 is 0 Å². The molecule has 1 atom stereocenters. The number of methoxy groups -OCH3 is 1. The van der Waals surface area contributed by atoms with Gasteiger partial charge in [-0.2, -0.15) is 4.98 Å². The van der Waals surface area contributed by atoms with E-state index in [0.29, 0.717) is 35.9 Å². The molecule has 2 rings (SSSR count). The summed E-state index contributed by atoms with van der Waals surface area (Å²) >= 11 is 0. The molecule has 0 unspecified atom stereocenters. The Hall–Kier alpha value is -2.32. The van der Waals surface area contributed by atoms with Gasteiger partial charge in [0.25, 0.3) is 0 Å². The maximum Gasteiger partial charge on any atom is 0.325 e. The van der Waals surface area contributed by atoms with Gasteiger partial charge in [0, 0.05) is 13.5 Å². The van der Waals surface area contributed by atoms with Crippen LogP contribution in [0.2, 0.25) is 0 Å². The summed E-state index contributed by atoms with van der Waals surface area (Å²) in [6, 6.07) is 3.32. The van der Waals surface area contributed by atoms with Gasteiger partial charge in [0.1, 0.15) is 11.9 Å². The summed E-state index contributed by atoms with van der Waals surface area (Å²) < 4.78 is 23.5. The van der Waals surface area contributed by atoms with Gasteiger partial charge in [-0.1, -0.05) is 17.3 Å². The lowest BCUT2D eigenvalue weighted by atomic mass is 10.0. The highest BCUT2D eigenvalue weighted by atomic mass is 19.1. The Labute approximate surface area is 139 Å². The Morgan fingerprint density at radius 1 is 1.50 bits per heavy atom. The highest BCUT2D eigenvalue weighted by Crippen LogP contribution is 2.23. The third-order valence-corrected chi connectivity index (χ3v) is 3.60. The Kier molecular flexibility index (Phi) is 5.99. The van der Waals surface area contributed by atoms with Crippen LogP contribution in [-0.4, -0.2) is 46.9 Å². The molecule has 7 nitrogen and oxygen atoms in total. The summed E-state index contributed by atoms with van der Waals surface area (Å²) in [5.41, 5.74) is 0.884. The molecular formula is C16H20FN3O4. The molecule has 130 valence electrons. The molecule has 1 aromatic carbocycles. The predicted octanol–water partition coefficient (Wildman–Crippen LogP) is 1.96. The van der Waals surface area contributed by atoms with Crippen LogP contribution in [0.4, 0.5) is 4.39 Å². The number of rotatable bonds is 8. The maximum absolute atomic E-state index is 13.4. The molecule has 2 aromatic rings. The zero-order valence-electron chi connectivity index (χ0n) is 13.8. The number of likely N-dealkylation sites (N-methyl/N-ethyl adjacent to an activating group) is 1. The molecule has 0 spiro atoms. The van der Waals surface area contributed by atoms with Crippen LogP contribution >= 0.6 is 0 Å². The third-order valence-electron chi connectivity index (χ3n) is 3.60. The van der Waals surface area contributed by atoms with E-state index in [4.69, 9.17) is 9.26 Å². The van der Waals surface area contributed by atoms with Gasteiger partial charge >= 0.3 is 5.97 Å². The first kappa shape index (κ1) is 18.0. The van der Waals surface area contributed by atoms with Crippen molar-refractivity contribution in [2.45, 2.75) is 25.9 Å². The molecule has 1 aromatic heterocycles. The summed E-state index contributed by atoms with van der Waals surface area (Å²) in [6.07, 6.45) is 0.517. The number of carboxylic acids is 1. The lowest BCUT2D eigenvalue weighted by molar-refractivity contribution is -0.143. The van der Waals surface area contributed by atoms with Crippen molar-refractivity contribution >= 4 is 5.97 Å². The minimum absolute atomic E-state index is 0.160. The summed E-state index contributed by atoms with van der Waals surface area (Å²) in [5, 5.41) is 13.4. The molecule has 0 bridgehead atoms. The second kappa shape index (κ2) is 7.98. The van der Waals surface area contributed by atoms with Gasteiger partial charge in [-0.05, 0) is 31.2 Å². The number of hydrogen-bond donors (Lipinski definition) is 1. The van der Waals surface area contributed by atoms with E-state index in [1.807, 2.05) is 0 Å². The number of carbonyl (C=O) groups is 1. The number of halogens is 1. The second-order valence-corrected chi connectivity index (χ2v) is 5.51. The number of benzene rings is 1. The third kappa shape index (κ3) is 4.36. The first-order valence-electron chi connectivity index (χ1n) is 7.42. The minimum Gasteiger partial charge on any atom is -0.480 e. The minimum atomic E-state index is -1.04. The highest BCUT2D eigenvalue weighted by Gasteiger charge is 2.26. The largest absolute Gasteiger partial charge is 0.480 e. The van der Waals surface area contributed by atoms with E-state index in [1.165, 1.54) is 18.2 Å². The van der Waals surface area contributed by atoms with E-state index < -0.39 is 12.0 Å². The van der Waals surface area contributed by atoms with Gasteiger partial charge < -0.3 is 14.4 Å². The Morgan fingerprint density at radius 3 is 2.88 bits per heavy atom.